The summed E-state index contributed by atoms with van der Waals surface area (Å²) in [4.78, 5) is 16.5. The summed E-state index contributed by atoms with van der Waals surface area (Å²) in [5.41, 5.74) is 2.61. The van der Waals surface area contributed by atoms with Crippen LogP contribution in [0.3, 0.4) is 0 Å². The second-order valence-corrected chi connectivity index (χ2v) is 5.80. The summed E-state index contributed by atoms with van der Waals surface area (Å²) in [5, 5.41) is 2.93. The Balaban J connectivity index is 1.52. The van der Waals surface area contributed by atoms with Crippen molar-refractivity contribution in [2.45, 2.75) is 18.9 Å². The predicted octanol–water partition coefficient (Wildman–Crippen LogP) is 3.84. The maximum Gasteiger partial charge on any atom is 0.266 e. The number of nitrogens with one attached hydrogen (secondary N) is 1. The minimum atomic E-state index is -0.531. The number of amides is 1. The number of benzene rings is 2. The van der Waals surface area contributed by atoms with Gasteiger partial charge in [0.05, 0.1) is 6.20 Å². The summed E-state index contributed by atoms with van der Waals surface area (Å²) in [7, 11) is 0. The molecule has 2 heterocycles. The standard InChI is InChI=1S/C19H16N2O3/c1-12-15-7-2-3-8-16(15)24-18(12)19(22)21-14-6-4-5-13(9-14)17-10-20-11-23-17/h2-12,18H,1H3,(H,21,22)/t12-,18+/m1/s1. The fraction of sp³-hybridized carbons (Fsp3) is 0.158. The minimum absolute atomic E-state index is 0.0126. The van der Waals surface area contributed by atoms with Crippen LogP contribution < -0.4 is 10.1 Å². The van der Waals surface area contributed by atoms with E-state index in [1.807, 2.05) is 55.5 Å². The Hall–Kier alpha value is -3.08. The van der Waals surface area contributed by atoms with Gasteiger partial charge in [-0.05, 0) is 18.2 Å². The summed E-state index contributed by atoms with van der Waals surface area (Å²) in [6, 6.07) is 15.2. The monoisotopic (exact) mass is 320 g/mol. The number of carbonyl (C=O) groups excluding carboxylic acids is 1. The SMILES string of the molecule is C[C@@H]1c2ccccc2O[C@@H]1C(=O)Nc1cccc(-c2cnco2)c1. The van der Waals surface area contributed by atoms with Crippen LogP contribution >= 0.6 is 0 Å². The lowest BCUT2D eigenvalue weighted by atomic mass is 9.97. The molecule has 0 fully saturated rings. The zero-order valence-electron chi connectivity index (χ0n) is 13.1. The van der Waals surface area contributed by atoms with E-state index in [2.05, 4.69) is 10.3 Å². The van der Waals surface area contributed by atoms with E-state index < -0.39 is 6.10 Å². The number of anilines is 1. The van der Waals surface area contributed by atoms with Crippen molar-refractivity contribution in [3.63, 3.8) is 0 Å². The van der Waals surface area contributed by atoms with Crippen molar-refractivity contribution < 1.29 is 13.9 Å². The molecule has 0 saturated carbocycles. The van der Waals surface area contributed by atoms with Crippen LogP contribution in [0.4, 0.5) is 5.69 Å². The molecule has 5 heteroatoms. The van der Waals surface area contributed by atoms with E-state index >= 15 is 0 Å². The van der Waals surface area contributed by atoms with Gasteiger partial charge in [-0.25, -0.2) is 4.98 Å². The van der Waals surface area contributed by atoms with Gasteiger partial charge in [0.2, 0.25) is 0 Å². The average molecular weight is 320 g/mol. The van der Waals surface area contributed by atoms with Gasteiger partial charge in [0, 0.05) is 22.7 Å². The topological polar surface area (TPSA) is 64.4 Å². The van der Waals surface area contributed by atoms with Crippen LogP contribution in [0.25, 0.3) is 11.3 Å². The highest BCUT2D eigenvalue weighted by Crippen LogP contribution is 2.38. The maximum atomic E-state index is 12.6. The molecule has 1 amide bonds. The number of para-hydroxylation sites is 1. The number of hydrogen-bond donors (Lipinski definition) is 1. The Morgan fingerprint density at radius 3 is 2.83 bits per heavy atom. The second-order valence-electron chi connectivity index (χ2n) is 5.80. The zero-order valence-corrected chi connectivity index (χ0v) is 13.1. The molecule has 3 aromatic rings. The number of carbonyl (C=O) groups is 1. The molecule has 0 saturated heterocycles. The fourth-order valence-corrected chi connectivity index (χ4v) is 2.97. The van der Waals surface area contributed by atoms with Crippen LogP contribution in [0, 0.1) is 0 Å². The van der Waals surface area contributed by atoms with Crippen LogP contribution in [0.5, 0.6) is 5.75 Å². The number of fused-ring (bicyclic) bond motifs is 1. The molecule has 2 aromatic carbocycles. The number of nitrogens with zero attached hydrogens (tertiary/aromatic N) is 1. The van der Waals surface area contributed by atoms with Crippen LogP contribution in [-0.4, -0.2) is 17.0 Å². The third-order valence-electron chi connectivity index (χ3n) is 4.22. The van der Waals surface area contributed by atoms with Crippen molar-refractivity contribution in [1.82, 2.24) is 4.98 Å². The normalized spacial score (nSPS) is 18.7. The quantitative estimate of drug-likeness (QED) is 0.796. The molecular weight excluding hydrogens is 304 g/mol. The highest BCUT2D eigenvalue weighted by atomic mass is 16.5. The van der Waals surface area contributed by atoms with E-state index in [9.17, 15) is 4.79 Å². The fourth-order valence-electron chi connectivity index (χ4n) is 2.97. The molecule has 1 aromatic heterocycles. The molecular formula is C19H16N2O3. The van der Waals surface area contributed by atoms with E-state index in [0.29, 0.717) is 11.4 Å². The first kappa shape index (κ1) is 14.5. The van der Waals surface area contributed by atoms with Gasteiger partial charge >= 0.3 is 0 Å². The van der Waals surface area contributed by atoms with Gasteiger partial charge in [0.25, 0.3) is 5.91 Å². The van der Waals surface area contributed by atoms with Gasteiger partial charge in [0.1, 0.15) is 5.75 Å². The Morgan fingerprint density at radius 2 is 2.04 bits per heavy atom. The first-order chi connectivity index (χ1) is 11.7. The first-order valence-electron chi connectivity index (χ1n) is 7.78. The molecule has 1 N–H and O–H groups in total. The van der Waals surface area contributed by atoms with Crippen molar-refractivity contribution in [2.75, 3.05) is 5.32 Å². The number of rotatable bonds is 3. The smallest absolute Gasteiger partial charge is 0.266 e. The number of ether oxygens (including phenoxy) is 1. The molecule has 0 radical (unpaired) electrons. The van der Waals surface area contributed by atoms with Crippen molar-refractivity contribution in [3.8, 4) is 17.1 Å². The largest absolute Gasteiger partial charge is 0.480 e. The first-order valence-corrected chi connectivity index (χ1v) is 7.78. The van der Waals surface area contributed by atoms with Crippen LogP contribution in [0.15, 0.2) is 65.5 Å². The molecule has 5 nitrogen and oxygen atoms in total. The Labute approximate surface area is 139 Å². The number of oxazole rings is 1. The number of hydrogen-bond acceptors (Lipinski definition) is 4. The summed E-state index contributed by atoms with van der Waals surface area (Å²) in [6.45, 7) is 2.00. The lowest BCUT2D eigenvalue weighted by Crippen LogP contribution is -2.33. The molecule has 4 rings (SSSR count). The van der Waals surface area contributed by atoms with Crippen molar-refractivity contribution in [1.29, 1.82) is 0 Å². The average Bonchev–Trinajstić information content (AvgIpc) is 3.24. The van der Waals surface area contributed by atoms with Crippen LogP contribution in [0.2, 0.25) is 0 Å². The third-order valence-corrected chi connectivity index (χ3v) is 4.22. The summed E-state index contributed by atoms with van der Waals surface area (Å²) < 4.78 is 11.1. The molecule has 0 spiro atoms. The van der Waals surface area contributed by atoms with Crippen molar-refractivity contribution in [2.24, 2.45) is 0 Å². The molecule has 0 aliphatic carbocycles. The minimum Gasteiger partial charge on any atom is -0.480 e. The summed E-state index contributed by atoms with van der Waals surface area (Å²) >= 11 is 0. The van der Waals surface area contributed by atoms with Crippen molar-refractivity contribution >= 4 is 11.6 Å². The van der Waals surface area contributed by atoms with Crippen LogP contribution in [0.1, 0.15) is 18.4 Å². The molecule has 120 valence electrons. The summed E-state index contributed by atoms with van der Waals surface area (Å²) in [6.07, 6.45) is 2.49. The highest BCUT2D eigenvalue weighted by Gasteiger charge is 2.36. The lowest BCUT2D eigenvalue weighted by Gasteiger charge is -2.15. The second kappa shape index (κ2) is 5.85. The Bertz CT molecular complexity index is 874. The van der Waals surface area contributed by atoms with Gasteiger partial charge in [0.15, 0.2) is 18.3 Å². The van der Waals surface area contributed by atoms with Crippen molar-refractivity contribution in [3.05, 3.63) is 66.7 Å². The molecule has 0 unspecified atom stereocenters. The molecule has 2 atom stereocenters. The van der Waals surface area contributed by atoms with Gasteiger partial charge in [-0.1, -0.05) is 37.3 Å². The van der Waals surface area contributed by atoms with E-state index in [1.54, 1.807) is 6.20 Å². The molecule has 24 heavy (non-hydrogen) atoms. The van der Waals surface area contributed by atoms with E-state index in [-0.39, 0.29) is 11.8 Å². The van der Waals surface area contributed by atoms with Gasteiger partial charge in [-0.15, -0.1) is 0 Å². The third kappa shape index (κ3) is 2.54. The molecule has 0 bridgehead atoms. The highest BCUT2D eigenvalue weighted by molar-refractivity contribution is 5.96. The van der Waals surface area contributed by atoms with Gasteiger partial charge < -0.3 is 14.5 Å². The van der Waals surface area contributed by atoms with Gasteiger partial charge in [-0.2, -0.15) is 0 Å². The Kier molecular flexibility index (Phi) is 3.54. The number of aromatic nitrogens is 1. The van der Waals surface area contributed by atoms with E-state index in [0.717, 1.165) is 16.9 Å². The zero-order chi connectivity index (χ0) is 16.5. The van der Waals surface area contributed by atoms with E-state index in [1.165, 1.54) is 6.39 Å². The van der Waals surface area contributed by atoms with Gasteiger partial charge in [-0.3, -0.25) is 4.79 Å². The maximum absolute atomic E-state index is 12.6. The molecule has 1 aliphatic rings. The Morgan fingerprint density at radius 1 is 1.17 bits per heavy atom. The summed E-state index contributed by atoms with van der Waals surface area (Å²) in [5.74, 6) is 1.29. The lowest BCUT2D eigenvalue weighted by molar-refractivity contribution is -0.122. The molecule has 1 aliphatic heterocycles. The van der Waals surface area contributed by atoms with E-state index in [4.69, 9.17) is 9.15 Å². The predicted molar refractivity (Wildman–Crippen MR) is 89.8 cm³/mol. The van der Waals surface area contributed by atoms with Crippen LogP contribution in [-0.2, 0) is 4.79 Å².